The minimum atomic E-state index is -0.402. The summed E-state index contributed by atoms with van der Waals surface area (Å²) in [7, 11) is 0. The topological polar surface area (TPSA) is 32.8 Å². The molecular weight excluding hydrogens is 252 g/mol. The predicted octanol–water partition coefficient (Wildman–Crippen LogP) is 3.51. The van der Waals surface area contributed by atoms with Gasteiger partial charge in [-0.3, -0.25) is 4.90 Å². The summed E-state index contributed by atoms with van der Waals surface area (Å²) in [6, 6.07) is 0.686. The van der Waals surface area contributed by atoms with Crippen molar-refractivity contribution in [1.29, 1.82) is 0 Å². The fourth-order valence-corrected chi connectivity index (χ4v) is 2.77. The molecule has 0 aromatic rings. The first-order chi connectivity index (χ1) is 9.37. The molecule has 1 saturated heterocycles. The van der Waals surface area contributed by atoms with Crippen LogP contribution in [0.15, 0.2) is 0 Å². The molecule has 0 saturated carbocycles. The van der Waals surface area contributed by atoms with Gasteiger partial charge in [0.15, 0.2) is 0 Å². The van der Waals surface area contributed by atoms with Crippen molar-refractivity contribution >= 4 is 6.09 Å². The van der Waals surface area contributed by atoms with Crippen molar-refractivity contribution < 1.29 is 9.53 Å². The SMILES string of the molecule is CCCC(CCC)N1CCN(C(=O)OC(C)(C)C)CC1. The van der Waals surface area contributed by atoms with Crippen LogP contribution in [0.25, 0.3) is 0 Å². The molecule has 1 rings (SSSR count). The molecule has 1 fully saturated rings. The lowest BCUT2D eigenvalue weighted by atomic mass is 10.0. The third kappa shape index (κ3) is 5.70. The third-order valence-electron chi connectivity index (χ3n) is 3.73. The minimum absolute atomic E-state index is 0.167. The van der Waals surface area contributed by atoms with Crippen LogP contribution in [0.4, 0.5) is 4.79 Å². The van der Waals surface area contributed by atoms with Gasteiger partial charge in [0.1, 0.15) is 5.60 Å². The predicted molar refractivity (Wildman–Crippen MR) is 83.0 cm³/mol. The van der Waals surface area contributed by atoms with Crippen molar-refractivity contribution in [3.8, 4) is 0 Å². The maximum absolute atomic E-state index is 12.0. The molecule has 4 nitrogen and oxygen atoms in total. The highest BCUT2D eigenvalue weighted by atomic mass is 16.6. The lowest BCUT2D eigenvalue weighted by Crippen LogP contribution is -2.52. The van der Waals surface area contributed by atoms with Crippen LogP contribution in [-0.2, 0) is 4.74 Å². The number of piperazine rings is 1. The van der Waals surface area contributed by atoms with Gasteiger partial charge in [-0.1, -0.05) is 26.7 Å². The zero-order valence-corrected chi connectivity index (χ0v) is 13.9. The lowest BCUT2D eigenvalue weighted by molar-refractivity contribution is 0.00930. The van der Waals surface area contributed by atoms with E-state index in [4.69, 9.17) is 4.74 Å². The highest BCUT2D eigenvalue weighted by Gasteiger charge is 2.28. The molecule has 0 bridgehead atoms. The van der Waals surface area contributed by atoms with Gasteiger partial charge in [0.05, 0.1) is 0 Å². The van der Waals surface area contributed by atoms with Crippen molar-refractivity contribution in [2.45, 2.75) is 71.9 Å². The van der Waals surface area contributed by atoms with Gasteiger partial charge in [0, 0.05) is 32.2 Å². The molecule has 0 aromatic carbocycles. The average molecular weight is 284 g/mol. The fourth-order valence-electron chi connectivity index (χ4n) is 2.77. The minimum Gasteiger partial charge on any atom is -0.444 e. The van der Waals surface area contributed by atoms with Crippen LogP contribution in [0.1, 0.15) is 60.3 Å². The van der Waals surface area contributed by atoms with Crippen molar-refractivity contribution in [2.24, 2.45) is 0 Å². The second kappa shape index (κ2) is 7.87. The Hall–Kier alpha value is -0.770. The molecule has 20 heavy (non-hydrogen) atoms. The smallest absolute Gasteiger partial charge is 0.410 e. The van der Waals surface area contributed by atoms with Crippen molar-refractivity contribution in [2.75, 3.05) is 26.2 Å². The first-order valence-corrected chi connectivity index (χ1v) is 8.09. The first-order valence-electron chi connectivity index (χ1n) is 8.09. The molecular formula is C16H32N2O2. The van der Waals surface area contributed by atoms with Gasteiger partial charge in [-0.25, -0.2) is 4.79 Å². The van der Waals surface area contributed by atoms with E-state index in [-0.39, 0.29) is 6.09 Å². The fraction of sp³-hybridized carbons (Fsp3) is 0.938. The Labute approximate surface area is 124 Å². The zero-order chi connectivity index (χ0) is 15.2. The van der Waals surface area contributed by atoms with E-state index in [1.54, 1.807) is 0 Å². The molecule has 118 valence electrons. The van der Waals surface area contributed by atoms with Crippen molar-refractivity contribution in [3.63, 3.8) is 0 Å². The van der Waals surface area contributed by atoms with E-state index in [2.05, 4.69) is 18.7 Å². The Morgan fingerprint density at radius 1 is 1.05 bits per heavy atom. The second-order valence-electron chi connectivity index (χ2n) is 6.73. The average Bonchev–Trinajstić information content (AvgIpc) is 2.37. The van der Waals surface area contributed by atoms with E-state index in [9.17, 15) is 4.79 Å². The Kier molecular flexibility index (Phi) is 6.80. The van der Waals surface area contributed by atoms with E-state index in [0.29, 0.717) is 6.04 Å². The van der Waals surface area contributed by atoms with Crippen LogP contribution in [0, 0.1) is 0 Å². The number of carbonyl (C=O) groups is 1. The van der Waals surface area contributed by atoms with Crippen LogP contribution in [-0.4, -0.2) is 53.7 Å². The van der Waals surface area contributed by atoms with E-state index < -0.39 is 5.60 Å². The highest BCUT2D eigenvalue weighted by Crippen LogP contribution is 2.17. The summed E-state index contributed by atoms with van der Waals surface area (Å²) in [5.74, 6) is 0. The second-order valence-corrected chi connectivity index (χ2v) is 6.73. The normalized spacial score (nSPS) is 17.6. The molecule has 1 aliphatic rings. The highest BCUT2D eigenvalue weighted by molar-refractivity contribution is 5.68. The Balaban J connectivity index is 2.44. The summed E-state index contributed by atoms with van der Waals surface area (Å²) >= 11 is 0. The first kappa shape index (κ1) is 17.3. The number of ether oxygens (including phenoxy) is 1. The maximum Gasteiger partial charge on any atom is 0.410 e. The lowest BCUT2D eigenvalue weighted by Gasteiger charge is -2.39. The summed E-state index contributed by atoms with van der Waals surface area (Å²) in [5, 5.41) is 0. The van der Waals surface area contributed by atoms with Gasteiger partial charge < -0.3 is 9.64 Å². The Morgan fingerprint density at radius 2 is 1.55 bits per heavy atom. The molecule has 0 radical (unpaired) electrons. The number of hydrogen-bond acceptors (Lipinski definition) is 3. The monoisotopic (exact) mass is 284 g/mol. The number of nitrogens with zero attached hydrogens (tertiary/aromatic N) is 2. The van der Waals surface area contributed by atoms with E-state index >= 15 is 0 Å². The summed E-state index contributed by atoms with van der Waals surface area (Å²) in [5.41, 5.74) is -0.402. The largest absolute Gasteiger partial charge is 0.444 e. The molecule has 0 atom stereocenters. The third-order valence-corrected chi connectivity index (χ3v) is 3.73. The Bertz CT molecular complexity index is 285. The van der Waals surface area contributed by atoms with Crippen LogP contribution in [0.2, 0.25) is 0 Å². The summed E-state index contributed by atoms with van der Waals surface area (Å²) in [6.45, 7) is 13.8. The van der Waals surface area contributed by atoms with Crippen LogP contribution in [0.5, 0.6) is 0 Å². The number of amides is 1. The van der Waals surface area contributed by atoms with Gasteiger partial charge in [-0.05, 0) is 33.6 Å². The van der Waals surface area contributed by atoms with Crippen molar-refractivity contribution in [1.82, 2.24) is 9.80 Å². The molecule has 1 aliphatic heterocycles. The number of hydrogen-bond donors (Lipinski definition) is 0. The Morgan fingerprint density at radius 3 is 1.95 bits per heavy atom. The van der Waals surface area contributed by atoms with Crippen molar-refractivity contribution in [3.05, 3.63) is 0 Å². The van der Waals surface area contributed by atoms with Gasteiger partial charge in [0.25, 0.3) is 0 Å². The van der Waals surface area contributed by atoms with Gasteiger partial charge in [-0.15, -0.1) is 0 Å². The van der Waals surface area contributed by atoms with Gasteiger partial charge in [0.2, 0.25) is 0 Å². The van der Waals surface area contributed by atoms with E-state index in [1.807, 2.05) is 25.7 Å². The van der Waals surface area contributed by atoms with E-state index in [0.717, 1.165) is 26.2 Å². The molecule has 1 amide bonds. The summed E-state index contributed by atoms with van der Waals surface area (Å²) in [6.07, 6.45) is 4.83. The molecule has 0 aromatic heterocycles. The molecule has 1 heterocycles. The molecule has 4 heteroatoms. The molecule has 0 unspecified atom stereocenters. The standard InChI is InChI=1S/C16H32N2O2/c1-6-8-14(9-7-2)17-10-12-18(13-11-17)15(19)20-16(3,4)5/h14H,6-13H2,1-5H3. The van der Waals surface area contributed by atoms with Crippen LogP contribution >= 0.6 is 0 Å². The maximum atomic E-state index is 12.0. The molecule has 0 spiro atoms. The molecule has 0 aliphatic carbocycles. The van der Waals surface area contributed by atoms with Crippen LogP contribution < -0.4 is 0 Å². The summed E-state index contributed by atoms with van der Waals surface area (Å²) < 4.78 is 5.44. The molecule has 0 N–H and O–H groups in total. The van der Waals surface area contributed by atoms with E-state index in [1.165, 1.54) is 25.7 Å². The summed E-state index contributed by atoms with van der Waals surface area (Å²) in [4.78, 5) is 16.4. The number of carbonyl (C=O) groups excluding carboxylic acids is 1. The number of rotatable bonds is 5. The van der Waals surface area contributed by atoms with Crippen LogP contribution in [0.3, 0.4) is 0 Å². The quantitative estimate of drug-likeness (QED) is 0.774. The van der Waals surface area contributed by atoms with Gasteiger partial charge in [-0.2, -0.15) is 0 Å². The zero-order valence-electron chi connectivity index (χ0n) is 13.9. The van der Waals surface area contributed by atoms with Gasteiger partial charge >= 0.3 is 6.09 Å².